The third-order valence-electron chi connectivity index (χ3n) is 6.57. The summed E-state index contributed by atoms with van der Waals surface area (Å²) in [7, 11) is 0. The average molecular weight is 467 g/mol. The van der Waals surface area contributed by atoms with Gasteiger partial charge in [0.2, 0.25) is 0 Å². The van der Waals surface area contributed by atoms with Gasteiger partial charge in [0.25, 0.3) is 0 Å². The first-order chi connectivity index (χ1) is 15.6. The van der Waals surface area contributed by atoms with Crippen molar-refractivity contribution >= 4 is 17.0 Å². The van der Waals surface area contributed by atoms with Gasteiger partial charge in [0, 0.05) is 6.42 Å². The Labute approximate surface area is 188 Å². The Hall–Kier alpha value is -2.23. The number of allylic oxidation sites excluding steroid dienone is 1. The molecule has 2 aromatic heterocycles. The first-order valence-corrected chi connectivity index (χ1v) is 10.5. The Bertz CT molecular complexity index is 1040. The molecule has 2 aromatic rings. The van der Waals surface area contributed by atoms with Gasteiger partial charge in [-0.25, -0.2) is 15.0 Å². The van der Waals surface area contributed by atoms with Crippen molar-refractivity contribution in [3.63, 3.8) is 0 Å². The lowest BCUT2D eigenvalue weighted by Gasteiger charge is -2.46. The van der Waals surface area contributed by atoms with Crippen molar-refractivity contribution in [1.29, 1.82) is 0 Å². The van der Waals surface area contributed by atoms with Gasteiger partial charge in [0.1, 0.15) is 48.5 Å². The smallest absolute Gasteiger partial charge is 0.182 e. The highest BCUT2D eigenvalue weighted by Crippen LogP contribution is 2.52. The van der Waals surface area contributed by atoms with Crippen LogP contribution in [0, 0.1) is 0 Å². The van der Waals surface area contributed by atoms with Crippen molar-refractivity contribution in [3.8, 4) is 0 Å². The molecule has 2 aliphatic heterocycles. The molecular weight excluding hydrogens is 438 g/mol. The SMILES string of the molecule is C=C(C)CC[C@@]1(n2cnc3c(N)ncnc32)O[C@H](CO)[C@@H](O)[C@]1(O)C1O[C@H](CO)[C@@H](O)[C@H]1O. The Morgan fingerprint density at radius 2 is 1.85 bits per heavy atom. The van der Waals surface area contributed by atoms with E-state index in [9.17, 15) is 30.6 Å². The molecule has 0 bridgehead atoms. The van der Waals surface area contributed by atoms with Gasteiger partial charge >= 0.3 is 0 Å². The van der Waals surface area contributed by atoms with Gasteiger partial charge in [-0.1, -0.05) is 5.57 Å². The summed E-state index contributed by atoms with van der Waals surface area (Å²) in [5, 5.41) is 63.9. The predicted molar refractivity (Wildman–Crippen MR) is 112 cm³/mol. The molecule has 8 atom stereocenters. The van der Waals surface area contributed by atoms with E-state index in [1.54, 1.807) is 6.92 Å². The maximum Gasteiger partial charge on any atom is 0.182 e. The number of hydrogen-bond acceptors (Lipinski definition) is 12. The molecule has 13 nitrogen and oxygen atoms in total. The van der Waals surface area contributed by atoms with Crippen LogP contribution in [-0.4, -0.2) is 106 Å². The molecule has 2 fully saturated rings. The minimum absolute atomic E-state index is 0.00573. The summed E-state index contributed by atoms with van der Waals surface area (Å²) in [4.78, 5) is 12.3. The summed E-state index contributed by atoms with van der Waals surface area (Å²) in [5.74, 6) is 0.0718. The van der Waals surface area contributed by atoms with E-state index >= 15 is 0 Å². The number of nitrogen functional groups attached to an aromatic ring is 1. The van der Waals surface area contributed by atoms with Crippen LogP contribution in [-0.2, 0) is 15.2 Å². The second-order valence-corrected chi connectivity index (χ2v) is 8.66. The maximum atomic E-state index is 12.2. The normalized spacial score (nSPS) is 38.9. The lowest BCUT2D eigenvalue weighted by molar-refractivity contribution is -0.253. The summed E-state index contributed by atoms with van der Waals surface area (Å²) in [6, 6.07) is 0. The first kappa shape index (κ1) is 23.9. The summed E-state index contributed by atoms with van der Waals surface area (Å²) in [6.07, 6.45) is -6.34. The molecule has 0 aromatic carbocycles. The van der Waals surface area contributed by atoms with E-state index < -0.39 is 61.2 Å². The second-order valence-electron chi connectivity index (χ2n) is 8.66. The zero-order valence-corrected chi connectivity index (χ0v) is 18.0. The average Bonchev–Trinajstić information content (AvgIpc) is 3.41. The number of aromatic nitrogens is 4. The Balaban J connectivity index is 1.96. The molecule has 33 heavy (non-hydrogen) atoms. The molecule has 0 saturated carbocycles. The fraction of sp³-hybridized carbons (Fsp3) is 0.650. The zero-order valence-electron chi connectivity index (χ0n) is 18.0. The lowest BCUT2D eigenvalue weighted by Crippen LogP contribution is -2.67. The van der Waals surface area contributed by atoms with Crippen molar-refractivity contribution in [1.82, 2.24) is 19.5 Å². The predicted octanol–water partition coefficient (Wildman–Crippen LogP) is -2.62. The molecule has 1 unspecified atom stereocenters. The number of hydrogen-bond donors (Lipinski definition) is 7. The van der Waals surface area contributed by atoms with Crippen LogP contribution in [0.2, 0.25) is 0 Å². The third kappa shape index (κ3) is 3.35. The number of fused-ring (bicyclic) bond motifs is 1. The van der Waals surface area contributed by atoms with E-state index in [1.807, 2.05) is 0 Å². The van der Waals surface area contributed by atoms with Crippen molar-refractivity contribution in [2.75, 3.05) is 18.9 Å². The molecule has 8 N–H and O–H groups in total. The lowest BCUT2D eigenvalue weighted by atomic mass is 9.76. The Morgan fingerprint density at radius 1 is 1.15 bits per heavy atom. The van der Waals surface area contributed by atoms with Crippen molar-refractivity contribution in [2.24, 2.45) is 0 Å². The quantitative estimate of drug-likeness (QED) is 0.209. The summed E-state index contributed by atoms with van der Waals surface area (Å²) >= 11 is 0. The second kappa shape index (κ2) is 8.52. The molecule has 2 saturated heterocycles. The minimum atomic E-state index is -2.44. The van der Waals surface area contributed by atoms with Crippen LogP contribution in [0.4, 0.5) is 5.82 Å². The van der Waals surface area contributed by atoms with Crippen LogP contribution < -0.4 is 5.73 Å². The van der Waals surface area contributed by atoms with Gasteiger partial charge in [-0.2, -0.15) is 0 Å². The maximum absolute atomic E-state index is 12.2. The minimum Gasteiger partial charge on any atom is -0.394 e. The molecule has 4 rings (SSSR count). The zero-order chi connectivity index (χ0) is 24.1. The van der Waals surface area contributed by atoms with Gasteiger partial charge in [-0.05, 0) is 13.3 Å². The Morgan fingerprint density at radius 3 is 2.45 bits per heavy atom. The van der Waals surface area contributed by atoms with Gasteiger partial charge in [-0.15, -0.1) is 6.58 Å². The highest BCUT2D eigenvalue weighted by Gasteiger charge is 2.73. The highest BCUT2D eigenvalue weighted by atomic mass is 16.6. The number of anilines is 1. The molecule has 0 spiro atoms. The molecule has 182 valence electrons. The molecule has 2 aliphatic rings. The van der Waals surface area contributed by atoms with Crippen LogP contribution in [0.15, 0.2) is 24.8 Å². The number of nitrogens with zero attached hydrogens (tertiary/aromatic N) is 4. The Kier molecular flexibility index (Phi) is 6.18. The van der Waals surface area contributed by atoms with Crippen molar-refractivity contribution in [3.05, 3.63) is 24.8 Å². The summed E-state index contributed by atoms with van der Waals surface area (Å²) in [6.45, 7) is 4.34. The van der Waals surface area contributed by atoms with Crippen LogP contribution in [0.1, 0.15) is 19.8 Å². The molecular formula is C20H29N5O8. The topological polar surface area (TPSA) is 209 Å². The van der Waals surface area contributed by atoms with Crippen LogP contribution in [0.5, 0.6) is 0 Å². The van der Waals surface area contributed by atoms with Gasteiger partial charge < -0.3 is 45.8 Å². The van der Waals surface area contributed by atoms with E-state index in [4.69, 9.17) is 15.2 Å². The summed E-state index contributed by atoms with van der Waals surface area (Å²) < 4.78 is 13.1. The van der Waals surface area contributed by atoms with Gasteiger partial charge in [-0.3, -0.25) is 4.57 Å². The molecule has 0 aliphatic carbocycles. The number of ether oxygens (including phenoxy) is 2. The van der Waals surface area contributed by atoms with Crippen LogP contribution in [0.25, 0.3) is 11.2 Å². The van der Waals surface area contributed by atoms with E-state index in [2.05, 4.69) is 21.5 Å². The van der Waals surface area contributed by atoms with Crippen LogP contribution >= 0.6 is 0 Å². The standard InChI is InChI=1S/C20H29N5O8/c1-9(2)3-4-19(25-8-24-12-17(21)22-7-23-18(12)25)20(31,15(30)11(6-27)33-19)16-14(29)13(28)10(5-26)32-16/h7-8,10-11,13-16,26-31H,1,3-6H2,2H3,(H2,21,22,23)/t10-,11-,13-,14-,15-,16?,19-,20+/m1/s1. The molecule has 0 amide bonds. The van der Waals surface area contributed by atoms with Crippen molar-refractivity contribution in [2.45, 2.75) is 67.7 Å². The monoisotopic (exact) mass is 467 g/mol. The highest BCUT2D eigenvalue weighted by molar-refractivity contribution is 5.81. The van der Waals surface area contributed by atoms with Gasteiger partial charge in [0.15, 0.2) is 22.8 Å². The van der Waals surface area contributed by atoms with Gasteiger partial charge in [0.05, 0.1) is 19.5 Å². The van der Waals surface area contributed by atoms with E-state index in [0.29, 0.717) is 6.42 Å². The number of rotatable bonds is 7. The summed E-state index contributed by atoms with van der Waals surface area (Å²) in [5.41, 5.74) is 2.69. The number of aliphatic hydroxyl groups excluding tert-OH is 5. The largest absolute Gasteiger partial charge is 0.394 e. The fourth-order valence-corrected chi connectivity index (χ4v) is 4.84. The number of nitrogens with two attached hydrogens (primary N) is 1. The fourth-order valence-electron chi connectivity index (χ4n) is 4.84. The van der Waals surface area contributed by atoms with Crippen LogP contribution in [0.3, 0.4) is 0 Å². The molecule has 13 heteroatoms. The molecule has 4 heterocycles. The van der Waals surface area contributed by atoms with Crippen molar-refractivity contribution < 1.29 is 40.1 Å². The first-order valence-electron chi connectivity index (χ1n) is 10.5. The number of aliphatic hydroxyl groups is 6. The van der Waals surface area contributed by atoms with E-state index in [-0.39, 0.29) is 23.4 Å². The molecule has 0 radical (unpaired) electrons. The number of imidazole rings is 1. The van der Waals surface area contributed by atoms with E-state index in [1.165, 1.54) is 17.2 Å². The van der Waals surface area contributed by atoms with E-state index in [0.717, 1.165) is 5.57 Å². The third-order valence-corrected chi connectivity index (χ3v) is 6.57.